The Morgan fingerprint density at radius 3 is 2.37 bits per heavy atom. The topological polar surface area (TPSA) is 80.8 Å². The molecule has 27 heavy (non-hydrogen) atoms. The van der Waals surface area contributed by atoms with E-state index in [2.05, 4.69) is 0 Å². The minimum atomic E-state index is -3.09. The monoisotopic (exact) mass is 393 g/mol. The maximum Gasteiger partial charge on any atom is 0.338 e. The second kappa shape index (κ2) is 8.00. The molecule has 1 aliphatic carbocycles. The molecule has 1 saturated carbocycles. The van der Waals surface area contributed by atoms with Gasteiger partial charge in [-0.1, -0.05) is 18.9 Å². The second-order valence-corrected chi connectivity index (χ2v) is 9.90. The Bertz CT molecular complexity index is 827. The van der Waals surface area contributed by atoms with E-state index in [9.17, 15) is 18.0 Å². The Labute approximate surface area is 160 Å². The highest BCUT2D eigenvalue weighted by Crippen LogP contribution is 2.29. The molecule has 1 atom stereocenters. The molecule has 1 aromatic rings. The van der Waals surface area contributed by atoms with Crippen molar-refractivity contribution in [3.05, 3.63) is 34.9 Å². The highest BCUT2D eigenvalue weighted by molar-refractivity contribution is 7.91. The summed E-state index contributed by atoms with van der Waals surface area (Å²) >= 11 is 0. The normalized spacial score (nSPS) is 21.9. The SMILES string of the molecule is Cc1ccc(C(=O)OCC(=O)N(C2CCCC2)[C@@H]2CCS(=O)(=O)C2)cc1C. The fourth-order valence-electron chi connectivity index (χ4n) is 4.04. The quantitative estimate of drug-likeness (QED) is 0.718. The van der Waals surface area contributed by atoms with Gasteiger partial charge in [0.05, 0.1) is 17.1 Å². The number of rotatable bonds is 5. The van der Waals surface area contributed by atoms with Crippen molar-refractivity contribution in [2.75, 3.05) is 18.1 Å². The van der Waals surface area contributed by atoms with Crippen molar-refractivity contribution in [1.29, 1.82) is 0 Å². The lowest BCUT2D eigenvalue weighted by Crippen LogP contribution is -2.48. The van der Waals surface area contributed by atoms with E-state index in [4.69, 9.17) is 4.74 Å². The van der Waals surface area contributed by atoms with Gasteiger partial charge in [0.2, 0.25) is 0 Å². The van der Waals surface area contributed by atoms with Crippen LogP contribution in [0.3, 0.4) is 0 Å². The first-order valence-corrected chi connectivity index (χ1v) is 11.3. The summed E-state index contributed by atoms with van der Waals surface area (Å²) in [6.45, 7) is 3.53. The fraction of sp³-hybridized carbons (Fsp3) is 0.600. The van der Waals surface area contributed by atoms with Gasteiger partial charge in [-0.05, 0) is 56.4 Å². The predicted molar refractivity (Wildman–Crippen MR) is 102 cm³/mol. The summed E-state index contributed by atoms with van der Waals surface area (Å²) in [6, 6.07) is 5.04. The van der Waals surface area contributed by atoms with Crippen LogP contribution in [0.15, 0.2) is 18.2 Å². The molecule has 7 heteroatoms. The third-order valence-corrected chi connectivity index (χ3v) is 7.43. The molecule has 2 fully saturated rings. The van der Waals surface area contributed by atoms with Crippen LogP contribution in [0.5, 0.6) is 0 Å². The second-order valence-electron chi connectivity index (χ2n) is 7.67. The predicted octanol–water partition coefficient (Wildman–Crippen LogP) is 2.42. The molecular formula is C20H27NO5S. The summed E-state index contributed by atoms with van der Waals surface area (Å²) in [5, 5.41) is 0. The number of benzene rings is 1. The van der Waals surface area contributed by atoms with Crippen molar-refractivity contribution in [3.63, 3.8) is 0 Å². The number of carbonyl (C=O) groups excluding carboxylic acids is 2. The van der Waals surface area contributed by atoms with E-state index in [1.165, 1.54) is 0 Å². The van der Waals surface area contributed by atoms with Crippen LogP contribution in [0.25, 0.3) is 0 Å². The maximum atomic E-state index is 12.8. The van der Waals surface area contributed by atoms with Crippen LogP contribution >= 0.6 is 0 Å². The molecule has 1 heterocycles. The molecule has 0 radical (unpaired) electrons. The van der Waals surface area contributed by atoms with Crippen LogP contribution in [0, 0.1) is 13.8 Å². The summed E-state index contributed by atoms with van der Waals surface area (Å²) in [5.74, 6) is -0.685. The van der Waals surface area contributed by atoms with E-state index in [-0.39, 0.29) is 36.1 Å². The molecule has 148 valence electrons. The molecule has 6 nitrogen and oxygen atoms in total. The van der Waals surface area contributed by atoms with E-state index in [1.807, 2.05) is 19.9 Å². The summed E-state index contributed by atoms with van der Waals surface area (Å²) < 4.78 is 29.0. The minimum Gasteiger partial charge on any atom is -0.452 e. The summed E-state index contributed by atoms with van der Waals surface area (Å²) in [5.41, 5.74) is 2.48. The maximum absolute atomic E-state index is 12.8. The number of hydrogen-bond donors (Lipinski definition) is 0. The van der Waals surface area contributed by atoms with Crippen LogP contribution in [0.4, 0.5) is 0 Å². The van der Waals surface area contributed by atoms with E-state index in [0.29, 0.717) is 12.0 Å². The van der Waals surface area contributed by atoms with E-state index in [0.717, 1.165) is 36.8 Å². The Morgan fingerprint density at radius 1 is 1.07 bits per heavy atom. The van der Waals surface area contributed by atoms with Gasteiger partial charge in [0.25, 0.3) is 5.91 Å². The molecule has 0 spiro atoms. The molecule has 1 saturated heterocycles. The first-order chi connectivity index (χ1) is 12.8. The third-order valence-electron chi connectivity index (χ3n) is 5.68. The number of carbonyl (C=O) groups is 2. The molecular weight excluding hydrogens is 366 g/mol. The number of hydrogen-bond acceptors (Lipinski definition) is 5. The van der Waals surface area contributed by atoms with Gasteiger partial charge < -0.3 is 9.64 Å². The Morgan fingerprint density at radius 2 is 1.78 bits per heavy atom. The molecule has 1 aromatic carbocycles. The minimum absolute atomic E-state index is 0.0142. The highest BCUT2D eigenvalue weighted by Gasteiger charge is 2.39. The van der Waals surface area contributed by atoms with Crippen LogP contribution in [-0.2, 0) is 19.4 Å². The van der Waals surface area contributed by atoms with Crippen molar-refractivity contribution in [2.45, 2.75) is 58.0 Å². The van der Waals surface area contributed by atoms with Crippen LogP contribution in [0.2, 0.25) is 0 Å². The lowest BCUT2D eigenvalue weighted by atomic mass is 10.1. The first-order valence-electron chi connectivity index (χ1n) is 9.53. The van der Waals surface area contributed by atoms with Crippen molar-refractivity contribution in [1.82, 2.24) is 4.90 Å². The van der Waals surface area contributed by atoms with Gasteiger partial charge in [-0.15, -0.1) is 0 Å². The van der Waals surface area contributed by atoms with Crippen molar-refractivity contribution < 1.29 is 22.7 Å². The fourth-order valence-corrected chi connectivity index (χ4v) is 5.75. The lowest BCUT2D eigenvalue weighted by molar-refractivity contribution is -0.139. The van der Waals surface area contributed by atoms with E-state index in [1.54, 1.807) is 17.0 Å². The van der Waals surface area contributed by atoms with Crippen molar-refractivity contribution >= 4 is 21.7 Å². The van der Waals surface area contributed by atoms with E-state index >= 15 is 0 Å². The van der Waals surface area contributed by atoms with Gasteiger partial charge >= 0.3 is 5.97 Å². The number of sulfone groups is 1. The number of nitrogens with zero attached hydrogens (tertiary/aromatic N) is 1. The van der Waals surface area contributed by atoms with Crippen molar-refractivity contribution in [2.24, 2.45) is 0 Å². The third kappa shape index (κ3) is 4.69. The molecule has 0 bridgehead atoms. The average Bonchev–Trinajstić information content (AvgIpc) is 3.25. The Hall–Kier alpha value is -1.89. The standard InChI is InChI=1S/C20H27NO5S/c1-14-7-8-16(11-15(14)2)20(23)26-12-19(22)21(17-5-3-4-6-17)18-9-10-27(24,25)13-18/h7-8,11,17-18H,3-6,9-10,12-13H2,1-2H3/t18-/m1/s1. The lowest BCUT2D eigenvalue weighted by Gasteiger charge is -2.33. The summed E-state index contributed by atoms with van der Waals surface area (Å²) in [6.07, 6.45) is 4.31. The zero-order valence-electron chi connectivity index (χ0n) is 15.9. The molecule has 1 aliphatic heterocycles. The molecule has 0 aromatic heterocycles. The van der Waals surface area contributed by atoms with Crippen LogP contribution < -0.4 is 0 Å². The summed E-state index contributed by atoms with van der Waals surface area (Å²) in [4.78, 5) is 26.8. The molecule has 0 unspecified atom stereocenters. The molecule has 2 aliphatic rings. The van der Waals surface area contributed by atoms with Gasteiger partial charge in [0, 0.05) is 12.1 Å². The van der Waals surface area contributed by atoms with Gasteiger partial charge in [-0.3, -0.25) is 4.79 Å². The molecule has 0 N–H and O–H groups in total. The zero-order chi connectivity index (χ0) is 19.6. The zero-order valence-corrected chi connectivity index (χ0v) is 16.8. The number of esters is 1. The Kier molecular flexibility index (Phi) is 5.89. The smallest absolute Gasteiger partial charge is 0.338 e. The van der Waals surface area contributed by atoms with Crippen molar-refractivity contribution in [3.8, 4) is 0 Å². The molecule has 1 amide bonds. The largest absolute Gasteiger partial charge is 0.452 e. The van der Waals surface area contributed by atoms with Crippen LogP contribution in [-0.4, -0.2) is 55.4 Å². The van der Waals surface area contributed by atoms with Gasteiger partial charge in [-0.25, -0.2) is 13.2 Å². The number of ether oxygens (including phenoxy) is 1. The van der Waals surface area contributed by atoms with Gasteiger partial charge in [-0.2, -0.15) is 0 Å². The number of aryl methyl sites for hydroxylation is 2. The highest BCUT2D eigenvalue weighted by atomic mass is 32.2. The van der Waals surface area contributed by atoms with Gasteiger partial charge in [0.1, 0.15) is 0 Å². The molecule has 3 rings (SSSR count). The van der Waals surface area contributed by atoms with E-state index < -0.39 is 15.8 Å². The summed E-state index contributed by atoms with van der Waals surface area (Å²) in [7, 11) is -3.09. The van der Waals surface area contributed by atoms with Gasteiger partial charge in [0.15, 0.2) is 16.4 Å². The Balaban J connectivity index is 1.67. The first kappa shape index (κ1) is 19.9. The number of amides is 1. The average molecular weight is 394 g/mol. The van der Waals surface area contributed by atoms with Crippen LogP contribution in [0.1, 0.15) is 53.6 Å².